The minimum atomic E-state index is -0.319. The van der Waals surface area contributed by atoms with E-state index in [1.54, 1.807) is 23.6 Å². The molecule has 3 heterocycles. The Balaban J connectivity index is 1.81. The summed E-state index contributed by atoms with van der Waals surface area (Å²) in [7, 11) is 1.91. The van der Waals surface area contributed by atoms with Crippen LogP contribution in [0.25, 0.3) is 10.2 Å². The van der Waals surface area contributed by atoms with E-state index in [1.807, 2.05) is 35.3 Å². The second-order valence-electron chi connectivity index (χ2n) is 5.39. The lowest BCUT2D eigenvalue weighted by atomic mass is 10.1. The van der Waals surface area contributed by atoms with E-state index in [0.29, 0.717) is 5.82 Å². The zero-order valence-electron chi connectivity index (χ0n) is 12.8. The highest BCUT2D eigenvalue weighted by Crippen LogP contribution is 2.30. The number of nitrogens with zero attached hydrogens (tertiary/aromatic N) is 4. The van der Waals surface area contributed by atoms with E-state index in [0.717, 1.165) is 21.6 Å². The van der Waals surface area contributed by atoms with Crippen molar-refractivity contribution in [3.05, 3.63) is 71.6 Å². The molecule has 1 N–H and O–H groups in total. The van der Waals surface area contributed by atoms with Gasteiger partial charge in [0.2, 0.25) is 0 Å². The van der Waals surface area contributed by atoms with Crippen molar-refractivity contribution in [2.75, 3.05) is 5.32 Å². The molecule has 4 aromatic rings. The van der Waals surface area contributed by atoms with Crippen molar-refractivity contribution < 1.29 is 4.39 Å². The average molecular weight is 339 g/mol. The molecule has 0 aliphatic heterocycles. The third-order valence-corrected chi connectivity index (χ3v) is 4.73. The van der Waals surface area contributed by atoms with E-state index in [1.165, 1.54) is 18.5 Å². The molecule has 0 radical (unpaired) electrons. The second-order valence-corrected chi connectivity index (χ2v) is 6.30. The Morgan fingerprint density at radius 2 is 2.12 bits per heavy atom. The van der Waals surface area contributed by atoms with Gasteiger partial charge in [-0.15, -0.1) is 11.3 Å². The maximum absolute atomic E-state index is 13.7. The topological polar surface area (TPSA) is 55.6 Å². The second kappa shape index (κ2) is 6.01. The van der Waals surface area contributed by atoms with Gasteiger partial charge in [-0.3, -0.25) is 0 Å². The van der Waals surface area contributed by atoms with Crippen molar-refractivity contribution in [2.24, 2.45) is 7.05 Å². The SMILES string of the molecule is Cn1ccnc1[C@@H](Nc1ncnc2ccsc12)c1cccc(F)c1. The van der Waals surface area contributed by atoms with E-state index < -0.39 is 0 Å². The number of thiophene rings is 1. The zero-order chi connectivity index (χ0) is 16.5. The summed E-state index contributed by atoms with van der Waals surface area (Å²) in [6.45, 7) is 0. The van der Waals surface area contributed by atoms with Crippen LogP contribution in [0.5, 0.6) is 0 Å². The summed E-state index contributed by atoms with van der Waals surface area (Å²) in [6.07, 6.45) is 5.12. The van der Waals surface area contributed by atoms with E-state index in [9.17, 15) is 4.39 Å². The molecular weight excluding hydrogens is 325 g/mol. The molecule has 0 aliphatic carbocycles. The molecule has 3 aromatic heterocycles. The molecule has 1 atom stereocenters. The molecule has 7 heteroatoms. The molecule has 5 nitrogen and oxygen atoms in total. The van der Waals surface area contributed by atoms with Crippen LogP contribution in [0.4, 0.5) is 10.2 Å². The van der Waals surface area contributed by atoms with Gasteiger partial charge in [-0.25, -0.2) is 19.3 Å². The summed E-state index contributed by atoms with van der Waals surface area (Å²) in [5.41, 5.74) is 1.67. The summed E-state index contributed by atoms with van der Waals surface area (Å²) in [4.78, 5) is 13.0. The minimum Gasteiger partial charge on any atom is -0.355 e. The number of hydrogen-bond donors (Lipinski definition) is 1. The van der Waals surface area contributed by atoms with Gasteiger partial charge in [0, 0.05) is 19.4 Å². The number of benzene rings is 1. The van der Waals surface area contributed by atoms with Gasteiger partial charge in [0.05, 0.1) is 10.2 Å². The quantitative estimate of drug-likeness (QED) is 0.615. The molecule has 0 saturated carbocycles. The molecule has 0 fully saturated rings. The normalized spacial score (nSPS) is 12.4. The van der Waals surface area contributed by atoms with Gasteiger partial charge in [-0.2, -0.15) is 0 Å². The number of aromatic nitrogens is 4. The molecule has 0 amide bonds. The number of hydrogen-bond acceptors (Lipinski definition) is 5. The number of aryl methyl sites for hydroxylation is 1. The molecule has 0 spiro atoms. The number of nitrogens with one attached hydrogen (secondary N) is 1. The predicted molar refractivity (Wildman–Crippen MR) is 92.5 cm³/mol. The van der Waals surface area contributed by atoms with Crippen LogP contribution in [-0.4, -0.2) is 19.5 Å². The first-order valence-electron chi connectivity index (χ1n) is 7.40. The third-order valence-electron chi connectivity index (χ3n) is 3.82. The lowest BCUT2D eigenvalue weighted by Gasteiger charge is -2.20. The fourth-order valence-electron chi connectivity index (χ4n) is 2.67. The maximum atomic E-state index is 13.7. The monoisotopic (exact) mass is 339 g/mol. The Labute approximate surface area is 141 Å². The molecular formula is C17H14FN5S. The van der Waals surface area contributed by atoms with Crippen LogP contribution in [0.15, 0.2) is 54.4 Å². The van der Waals surface area contributed by atoms with Gasteiger partial charge in [0.15, 0.2) is 0 Å². The minimum absolute atomic E-state index is 0.280. The molecule has 0 bridgehead atoms. The number of rotatable bonds is 4. The van der Waals surface area contributed by atoms with Crippen molar-refractivity contribution in [3.63, 3.8) is 0 Å². The van der Waals surface area contributed by atoms with E-state index in [2.05, 4.69) is 20.3 Å². The molecule has 120 valence electrons. The summed E-state index contributed by atoms with van der Waals surface area (Å²) < 4.78 is 16.6. The van der Waals surface area contributed by atoms with Crippen molar-refractivity contribution >= 4 is 27.4 Å². The Kier molecular flexibility index (Phi) is 3.70. The Morgan fingerprint density at radius 1 is 1.21 bits per heavy atom. The van der Waals surface area contributed by atoms with Crippen LogP contribution < -0.4 is 5.32 Å². The van der Waals surface area contributed by atoms with E-state index >= 15 is 0 Å². The molecule has 0 saturated heterocycles. The van der Waals surface area contributed by atoms with Crippen LogP contribution in [0.2, 0.25) is 0 Å². The summed E-state index contributed by atoms with van der Waals surface area (Å²) in [5.74, 6) is 1.22. The van der Waals surface area contributed by atoms with Crippen LogP contribution >= 0.6 is 11.3 Å². The first-order chi connectivity index (χ1) is 11.7. The molecule has 0 unspecified atom stereocenters. The highest BCUT2D eigenvalue weighted by Gasteiger charge is 2.20. The highest BCUT2D eigenvalue weighted by atomic mass is 32.1. The van der Waals surface area contributed by atoms with Crippen LogP contribution in [0.3, 0.4) is 0 Å². The fourth-order valence-corrected chi connectivity index (χ4v) is 3.46. The van der Waals surface area contributed by atoms with Gasteiger partial charge < -0.3 is 9.88 Å². The van der Waals surface area contributed by atoms with E-state index in [-0.39, 0.29) is 11.9 Å². The average Bonchev–Trinajstić information content (AvgIpc) is 3.21. The Hall–Kier alpha value is -2.80. The largest absolute Gasteiger partial charge is 0.355 e. The van der Waals surface area contributed by atoms with Gasteiger partial charge >= 0.3 is 0 Å². The van der Waals surface area contributed by atoms with Crippen molar-refractivity contribution in [1.29, 1.82) is 0 Å². The molecule has 24 heavy (non-hydrogen) atoms. The fraction of sp³-hybridized carbons (Fsp3) is 0.118. The molecule has 1 aromatic carbocycles. The van der Waals surface area contributed by atoms with E-state index in [4.69, 9.17) is 0 Å². The Morgan fingerprint density at radius 3 is 2.92 bits per heavy atom. The van der Waals surface area contributed by atoms with Crippen molar-refractivity contribution in [3.8, 4) is 0 Å². The Bertz CT molecular complexity index is 993. The highest BCUT2D eigenvalue weighted by molar-refractivity contribution is 7.17. The van der Waals surface area contributed by atoms with Crippen molar-refractivity contribution in [1.82, 2.24) is 19.5 Å². The van der Waals surface area contributed by atoms with Crippen LogP contribution in [-0.2, 0) is 7.05 Å². The summed E-state index contributed by atoms with van der Waals surface area (Å²) in [5, 5.41) is 5.38. The maximum Gasteiger partial charge on any atom is 0.148 e. The summed E-state index contributed by atoms with van der Waals surface area (Å²) in [6, 6.07) is 8.15. The number of anilines is 1. The lowest BCUT2D eigenvalue weighted by molar-refractivity contribution is 0.622. The first kappa shape index (κ1) is 14.8. The lowest BCUT2D eigenvalue weighted by Crippen LogP contribution is -2.17. The van der Waals surface area contributed by atoms with Crippen molar-refractivity contribution in [2.45, 2.75) is 6.04 Å². The van der Waals surface area contributed by atoms with Gasteiger partial charge in [0.1, 0.15) is 29.8 Å². The van der Waals surface area contributed by atoms with Crippen LogP contribution in [0, 0.1) is 5.82 Å². The first-order valence-corrected chi connectivity index (χ1v) is 8.28. The summed E-state index contributed by atoms with van der Waals surface area (Å²) >= 11 is 1.57. The number of fused-ring (bicyclic) bond motifs is 1. The number of halogens is 1. The van der Waals surface area contributed by atoms with Gasteiger partial charge in [-0.05, 0) is 29.1 Å². The smallest absolute Gasteiger partial charge is 0.148 e. The molecule has 0 aliphatic rings. The van der Waals surface area contributed by atoms with Gasteiger partial charge in [-0.1, -0.05) is 12.1 Å². The number of imidazole rings is 1. The third kappa shape index (κ3) is 2.63. The van der Waals surface area contributed by atoms with Crippen LogP contribution in [0.1, 0.15) is 17.4 Å². The predicted octanol–water partition coefficient (Wildman–Crippen LogP) is 3.77. The van der Waals surface area contributed by atoms with Gasteiger partial charge in [0.25, 0.3) is 0 Å². The zero-order valence-corrected chi connectivity index (χ0v) is 13.7. The molecule has 4 rings (SSSR count). The standard InChI is InChI=1S/C17H14FN5S/c1-23-7-6-19-17(23)14(11-3-2-4-12(18)9-11)22-16-15-13(5-8-24-15)20-10-21-16/h2-10,14H,1H3,(H,20,21,22)/t14-/m0/s1.